The summed E-state index contributed by atoms with van der Waals surface area (Å²) >= 11 is 0. The zero-order valence-corrected chi connectivity index (χ0v) is 18.7. The zero-order chi connectivity index (χ0) is 21.5. The van der Waals surface area contributed by atoms with Gasteiger partial charge in [-0.1, -0.05) is 42.5 Å². The van der Waals surface area contributed by atoms with Gasteiger partial charge in [-0.25, -0.2) is 4.98 Å². The molecule has 0 bridgehead atoms. The van der Waals surface area contributed by atoms with Crippen LogP contribution in [0.15, 0.2) is 54.6 Å². The molecule has 1 saturated heterocycles. The van der Waals surface area contributed by atoms with E-state index in [1.807, 2.05) is 24.3 Å². The van der Waals surface area contributed by atoms with Crippen LogP contribution >= 0.6 is 0 Å². The van der Waals surface area contributed by atoms with Crippen LogP contribution in [0.1, 0.15) is 17.8 Å². The van der Waals surface area contributed by atoms with E-state index in [0.29, 0.717) is 12.5 Å². The summed E-state index contributed by atoms with van der Waals surface area (Å²) in [5.41, 5.74) is 2.34. The molecule has 1 aliphatic heterocycles. The molecule has 0 saturated carbocycles. The molecule has 2 heterocycles. The van der Waals surface area contributed by atoms with Gasteiger partial charge in [-0.2, -0.15) is 4.98 Å². The molecule has 1 aliphatic rings. The van der Waals surface area contributed by atoms with E-state index in [4.69, 9.17) is 14.7 Å². The fourth-order valence-corrected chi connectivity index (χ4v) is 3.97. The third kappa shape index (κ3) is 6.23. The van der Waals surface area contributed by atoms with Gasteiger partial charge in [0.2, 0.25) is 5.88 Å². The van der Waals surface area contributed by atoms with E-state index >= 15 is 0 Å². The maximum atomic E-state index is 6.08. The highest BCUT2D eigenvalue weighted by Crippen LogP contribution is 2.23. The fourth-order valence-electron chi connectivity index (χ4n) is 3.97. The Bertz CT molecular complexity index is 955. The van der Waals surface area contributed by atoms with E-state index in [-0.39, 0.29) is 0 Å². The second-order valence-corrected chi connectivity index (χ2v) is 8.51. The number of rotatable bonds is 9. The smallest absolute Gasteiger partial charge is 0.224 e. The van der Waals surface area contributed by atoms with Crippen LogP contribution < -0.4 is 4.74 Å². The Morgan fingerprint density at radius 1 is 0.839 bits per heavy atom. The number of ether oxygens (including phenoxy) is 1. The Morgan fingerprint density at radius 3 is 2.26 bits per heavy atom. The minimum Gasteiger partial charge on any atom is -0.477 e. The van der Waals surface area contributed by atoms with Crippen molar-refractivity contribution in [3.8, 4) is 5.88 Å². The summed E-state index contributed by atoms with van der Waals surface area (Å²) in [4.78, 5) is 16.8. The molecule has 6 nitrogen and oxygen atoms in total. The number of aromatic nitrogens is 2. The van der Waals surface area contributed by atoms with Crippen LogP contribution in [0.2, 0.25) is 0 Å². The summed E-state index contributed by atoms with van der Waals surface area (Å²) in [6, 6.07) is 18.8. The molecule has 6 heteroatoms. The molecule has 0 spiro atoms. The molecule has 4 rings (SSSR count). The highest BCUT2D eigenvalue weighted by atomic mass is 16.5. The first kappa shape index (κ1) is 21.7. The van der Waals surface area contributed by atoms with Crippen LogP contribution in [-0.4, -0.2) is 78.1 Å². The fraction of sp³-hybridized carbons (Fsp3) is 0.440. The molecule has 0 amide bonds. The van der Waals surface area contributed by atoms with Gasteiger partial charge in [0.1, 0.15) is 5.82 Å². The molecule has 31 heavy (non-hydrogen) atoms. The maximum Gasteiger partial charge on any atom is 0.224 e. The maximum absolute atomic E-state index is 6.08. The van der Waals surface area contributed by atoms with Crippen molar-refractivity contribution < 1.29 is 4.74 Å². The van der Waals surface area contributed by atoms with Gasteiger partial charge in [0.05, 0.1) is 24.1 Å². The van der Waals surface area contributed by atoms with Gasteiger partial charge >= 0.3 is 0 Å². The zero-order valence-electron chi connectivity index (χ0n) is 18.7. The average molecular weight is 420 g/mol. The second kappa shape index (κ2) is 10.7. The molecule has 2 aromatic carbocycles. The molecule has 0 radical (unpaired) electrons. The van der Waals surface area contributed by atoms with Crippen LogP contribution in [0.5, 0.6) is 5.88 Å². The van der Waals surface area contributed by atoms with Crippen molar-refractivity contribution in [1.29, 1.82) is 0 Å². The molecule has 3 aromatic rings. The minimum atomic E-state index is 0.663. The van der Waals surface area contributed by atoms with Crippen molar-refractivity contribution in [1.82, 2.24) is 24.7 Å². The summed E-state index contributed by atoms with van der Waals surface area (Å²) in [7, 11) is 4.16. The van der Waals surface area contributed by atoms with Crippen molar-refractivity contribution in [3.05, 3.63) is 66.0 Å². The highest BCUT2D eigenvalue weighted by molar-refractivity contribution is 5.83. The van der Waals surface area contributed by atoms with Gasteiger partial charge in [0.25, 0.3) is 0 Å². The van der Waals surface area contributed by atoms with Crippen molar-refractivity contribution in [2.75, 3.05) is 53.4 Å². The van der Waals surface area contributed by atoms with E-state index in [2.05, 4.69) is 59.1 Å². The van der Waals surface area contributed by atoms with Crippen LogP contribution in [-0.2, 0) is 13.1 Å². The van der Waals surface area contributed by atoms with Gasteiger partial charge in [0.15, 0.2) is 0 Å². The average Bonchev–Trinajstić information content (AvgIpc) is 2.78. The van der Waals surface area contributed by atoms with Crippen LogP contribution in [0, 0.1) is 0 Å². The molecule has 0 unspecified atom stereocenters. The first-order valence-electron chi connectivity index (χ1n) is 11.2. The van der Waals surface area contributed by atoms with Crippen LogP contribution in [0.3, 0.4) is 0 Å². The third-order valence-corrected chi connectivity index (χ3v) is 5.68. The Morgan fingerprint density at radius 2 is 1.52 bits per heavy atom. The monoisotopic (exact) mass is 419 g/mol. The van der Waals surface area contributed by atoms with E-state index in [0.717, 1.165) is 69.0 Å². The summed E-state index contributed by atoms with van der Waals surface area (Å²) in [6.45, 7) is 7.64. The third-order valence-electron chi connectivity index (χ3n) is 5.68. The molecule has 1 aromatic heterocycles. The van der Waals surface area contributed by atoms with Crippen molar-refractivity contribution in [3.63, 3.8) is 0 Å². The van der Waals surface area contributed by atoms with Crippen molar-refractivity contribution in [2.45, 2.75) is 19.5 Å². The van der Waals surface area contributed by atoms with E-state index in [1.54, 1.807) is 0 Å². The largest absolute Gasteiger partial charge is 0.477 e. The van der Waals surface area contributed by atoms with E-state index in [1.165, 1.54) is 5.56 Å². The number of benzene rings is 2. The first-order valence-corrected chi connectivity index (χ1v) is 11.2. The van der Waals surface area contributed by atoms with Gasteiger partial charge in [-0.15, -0.1) is 0 Å². The van der Waals surface area contributed by atoms with E-state index < -0.39 is 0 Å². The number of piperazine rings is 1. The standard InChI is InChI=1S/C25H33N5O/c1-28(2)13-8-18-31-25-22-11-6-7-12-23(22)26-24(27-25)20-30-16-14-29(15-17-30)19-21-9-4-3-5-10-21/h3-7,9-12H,8,13-20H2,1-2H3. The second-order valence-electron chi connectivity index (χ2n) is 8.51. The number of para-hydroxylation sites is 1. The number of hydrogen-bond acceptors (Lipinski definition) is 6. The van der Waals surface area contributed by atoms with Crippen molar-refractivity contribution in [2.24, 2.45) is 0 Å². The topological polar surface area (TPSA) is 44.7 Å². The van der Waals surface area contributed by atoms with Crippen molar-refractivity contribution >= 4 is 10.9 Å². The molecular weight excluding hydrogens is 386 g/mol. The minimum absolute atomic E-state index is 0.663. The van der Waals surface area contributed by atoms with Gasteiger partial charge in [0, 0.05) is 39.3 Å². The summed E-state index contributed by atoms with van der Waals surface area (Å²) < 4.78 is 6.08. The predicted octanol–water partition coefficient (Wildman–Crippen LogP) is 3.28. The van der Waals surface area contributed by atoms with Gasteiger partial charge < -0.3 is 9.64 Å². The predicted molar refractivity (Wildman–Crippen MR) is 125 cm³/mol. The number of nitrogens with zero attached hydrogens (tertiary/aromatic N) is 5. The lowest BCUT2D eigenvalue weighted by Crippen LogP contribution is -2.45. The summed E-state index contributed by atoms with van der Waals surface area (Å²) in [5, 5.41) is 0.990. The Hall–Kier alpha value is -2.54. The Kier molecular flexibility index (Phi) is 7.46. The molecule has 0 atom stereocenters. The molecule has 164 valence electrons. The lowest BCUT2D eigenvalue weighted by atomic mass is 10.2. The lowest BCUT2D eigenvalue weighted by molar-refractivity contribution is 0.119. The SMILES string of the molecule is CN(C)CCCOc1nc(CN2CCN(Cc3ccccc3)CC2)nc2ccccc12. The lowest BCUT2D eigenvalue weighted by Gasteiger charge is -2.34. The highest BCUT2D eigenvalue weighted by Gasteiger charge is 2.19. The molecule has 0 N–H and O–H groups in total. The number of fused-ring (bicyclic) bond motifs is 1. The Balaban J connectivity index is 1.37. The Labute approximate surface area is 185 Å². The normalized spacial score (nSPS) is 15.6. The quantitative estimate of drug-likeness (QED) is 0.496. The van der Waals surface area contributed by atoms with Crippen LogP contribution in [0.4, 0.5) is 0 Å². The summed E-state index contributed by atoms with van der Waals surface area (Å²) in [5.74, 6) is 1.56. The first-order chi connectivity index (χ1) is 15.2. The molecular formula is C25H33N5O. The molecule has 0 aliphatic carbocycles. The van der Waals surface area contributed by atoms with E-state index in [9.17, 15) is 0 Å². The van der Waals surface area contributed by atoms with Crippen LogP contribution in [0.25, 0.3) is 10.9 Å². The summed E-state index contributed by atoms with van der Waals surface area (Å²) in [6.07, 6.45) is 0.976. The van der Waals surface area contributed by atoms with Gasteiger partial charge in [-0.05, 0) is 38.2 Å². The molecule has 1 fully saturated rings. The van der Waals surface area contributed by atoms with Gasteiger partial charge in [-0.3, -0.25) is 9.80 Å². The number of hydrogen-bond donors (Lipinski definition) is 0.